The van der Waals surface area contributed by atoms with Crippen LogP contribution in [0.3, 0.4) is 0 Å². The molecule has 0 unspecified atom stereocenters. The van der Waals surface area contributed by atoms with E-state index in [2.05, 4.69) is 4.52 Å². The molecule has 2 aromatic carbocycles. The number of nitrogens with one attached hydrogen (secondary N) is 1. The number of sulfonamides is 1. The fourth-order valence-corrected chi connectivity index (χ4v) is 3.40. The number of phenols is 1. The Morgan fingerprint density at radius 1 is 0.926 bits per heavy atom. The number of benzene rings is 2. The van der Waals surface area contributed by atoms with Gasteiger partial charge in [-0.15, -0.1) is 0 Å². The minimum absolute atomic E-state index is 0.498. The van der Waals surface area contributed by atoms with Crippen molar-refractivity contribution in [2.24, 2.45) is 0 Å². The lowest BCUT2D eigenvalue weighted by molar-refractivity contribution is 0.278. The standard InChI is InChI=1S/C12H7F5NO7PS/c13-7-8(14)10(16)12(11(17)9(7)15)27(23,24)18-4-1-2-5(19)6(3-4)25-26(20,21)22/h1-3,18-19H,(H2,20,21,22). The summed E-state index contributed by atoms with van der Waals surface area (Å²) >= 11 is 0. The number of aromatic hydroxyl groups is 1. The third kappa shape index (κ3) is 4.30. The zero-order valence-electron chi connectivity index (χ0n) is 12.5. The molecule has 0 amide bonds. The summed E-state index contributed by atoms with van der Waals surface area (Å²) in [5.41, 5.74) is -0.680. The highest BCUT2D eigenvalue weighted by molar-refractivity contribution is 7.92. The Morgan fingerprint density at radius 2 is 1.41 bits per heavy atom. The van der Waals surface area contributed by atoms with Crippen LogP contribution < -0.4 is 9.25 Å². The highest BCUT2D eigenvalue weighted by atomic mass is 32.2. The van der Waals surface area contributed by atoms with Gasteiger partial charge in [0.05, 0.1) is 5.69 Å². The molecule has 0 heterocycles. The predicted octanol–water partition coefficient (Wildman–Crippen LogP) is 2.36. The van der Waals surface area contributed by atoms with Crippen molar-refractivity contribution in [3.8, 4) is 11.5 Å². The smallest absolute Gasteiger partial charge is 0.504 e. The molecular formula is C12H7F5NO7PS. The van der Waals surface area contributed by atoms with E-state index in [1.165, 1.54) is 4.72 Å². The van der Waals surface area contributed by atoms with Gasteiger partial charge in [-0.3, -0.25) is 14.5 Å². The van der Waals surface area contributed by atoms with Crippen molar-refractivity contribution in [1.29, 1.82) is 0 Å². The first-order valence-electron chi connectivity index (χ1n) is 6.37. The van der Waals surface area contributed by atoms with Gasteiger partial charge in [-0.25, -0.2) is 34.9 Å². The molecule has 2 rings (SSSR count). The molecule has 8 nitrogen and oxygen atoms in total. The summed E-state index contributed by atoms with van der Waals surface area (Å²) < 4.78 is 107. The summed E-state index contributed by atoms with van der Waals surface area (Å²) in [5, 5.41) is 9.40. The van der Waals surface area contributed by atoms with Gasteiger partial charge in [-0.05, 0) is 12.1 Å². The second-order valence-corrected chi connectivity index (χ2v) is 7.55. The van der Waals surface area contributed by atoms with Gasteiger partial charge in [0.2, 0.25) is 5.82 Å². The van der Waals surface area contributed by atoms with E-state index >= 15 is 0 Å². The number of hydrogen-bond donors (Lipinski definition) is 4. The molecule has 27 heavy (non-hydrogen) atoms. The fraction of sp³-hybridized carbons (Fsp3) is 0. The van der Waals surface area contributed by atoms with Gasteiger partial charge in [0.25, 0.3) is 10.0 Å². The minimum atomic E-state index is -5.39. The molecule has 15 heteroatoms. The fourth-order valence-electron chi connectivity index (χ4n) is 1.81. The van der Waals surface area contributed by atoms with Gasteiger partial charge in [0, 0.05) is 6.07 Å². The quantitative estimate of drug-likeness (QED) is 0.186. The van der Waals surface area contributed by atoms with Gasteiger partial charge in [0.15, 0.2) is 39.7 Å². The number of phosphoric acid groups is 1. The Labute approximate surface area is 147 Å². The van der Waals surface area contributed by atoms with E-state index < -0.39 is 69.0 Å². The van der Waals surface area contributed by atoms with E-state index in [0.29, 0.717) is 12.1 Å². The Balaban J connectivity index is 2.53. The lowest BCUT2D eigenvalue weighted by Crippen LogP contribution is -2.19. The van der Waals surface area contributed by atoms with E-state index in [-0.39, 0.29) is 0 Å². The molecular weight excluding hydrogens is 428 g/mol. The second kappa shape index (κ2) is 6.96. The van der Waals surface area contributed by atoms with Crippen molar-refractivity contribution in [2.75, 3.05) is 4.72 Å². The SMILES string of the molecule is O=P(O)(O)Oc1cc(NS(=O)(=O)c2c(F)c(F)c(F)c(F)c2F)ccc1O. The molecule has 0 bridgehead atoms. The maximum Gasteiger partial charge on any atom is 0.524 e. The molecule has 0 aliphatic heterocycles. The normalized spacial score (nSPS) is 12.1. The molecule has 0 saturated heterocycles. The Hall–Kier alpha value is -2.41. The Morgan fingerprint density at radius 3 is 1.89 bits per heavy atom. The minimum Gasteiger partial charge on any atom is -0.504 e. The molecule has 0 aliphatic carbocycles. The monoisotopic (exact) mass is 435 g/mol. The maximum atomic E-state index is 13.7. The highest BCUT2D eigenvalue weighted by Gasteiger charge is 2.33. The molecule has 0 aliphatic rings. The van der Waals surface area contributed by atoms with Crippen LogP contribution >= 0.6 is 7.82 Å². The second-order valence-electron chi connectivity index (χ2n) is 4.77. The van der Waals surface area contributed by atoms with E-state index in [0.717, 1.165) is 6.07 Å². The number of hydrogen-bond acceptors (Lipinski definition) is 5. The summed E-state index contributed by atoms with van der Waals surface area (Å²) in [5.74, 6) is -14.6. The summed E-state index contributed by atoms with van der Waals surface area (Å²) in [7, 11) is -10.6. The molecule has 0 atom stereocenters. The van der Waals surface area contributed by atoms with Gasteiger partial charge in [-0.2, -0.15) is 0 Å². The molecule has 0 aromatic heterocycles. The number of phosphoric ester groups is 1. The summed E-state index contributed by atoms with van der Waals surface area (Å²) in [4.78, 5) is 15.2. The van der Waals surface area contributed by atoms with Crippen LogP contribution in [0.25, 0.3) is 0 Å². The van der Waals surface area contributed by atoms with Crippen LogP contribution in [0.5, 0.6) is 11.5 Å². The van der Waals surface area contributed by atoms with Gasteiger partial charge in [0.1, 0.15) is 0 Å². The van der Waals surface area contributed by atoms with Crippen molar-refractivity contribution in [1.82, 2.24) is 0 Å². The van der Waals surface area contributed by atoms with Crippen molar-refractivity contribution in [3.05, 3.63) is 47.3 Å². The van der Waals surface area contributed by atoms with Crippen LogP contribution in [0.15, 0.2) is 23.1 Å². The number of phenolic OH excluding ortho intramolecular Hbond substituents is 1. The van der Waals surface area contributed by atoms with Crippen LogP contribution in [-0.4, -0.2) is 23.3 Å². The van der Waals surface area contributed by atoms with Gasteiger partial charge < -0.3 is 9.63 Å². The van der Waals surface area contributed by atoms with Crippen LogP contribution in [0, 0.1) is 29.1 Å². The first-order chi connectivity index (χ1) is 12.2. The Bertz CT molecular complexity index is 1040. The average molecular weight is 435 g/mol. The zero-order chi connectivity index (χ0) is 20.7. The molecule has 0 fully saturated rings. The van der Waals surface area contributed by atoms with E-state index in [1.54, 1.807) is 0 Å². The summed E-state index contributed by atoms with van der Waals surface area (Å²) in [6.07, 6.45) is 0. The molecule has 2 aromatic rings. The van der Waals surface area contributed by atoms with E-state index in [4.69, 9.17) is 9.79 Å². The lowest BCUT2D eigenvalue weighted by Gasteiger charge is -2.13. The number of halogens is 5. The number of rotatable bonds is 5. The first kappa shape index (κ1) is 20.9. The highest BCUT2D eigenvalue weighted by Crippen LogP contribution is 2.42. The third-order valence-electron chi connectivity index (χ3n) is 2.87. The Kier molecular flexibility index (Phi) is 5.39. The summed E-state index contributed by atoms with van der Waals surface area (Å²) in [6, 6.07) is 1.94. The first-order valence-corrected chi connectivity index (χ1v) is 9.38. The van der Waals surface area contributed by atoms with Crippen molar-refractivity contribution in [2.45, 2.75) is 4.90 Å². The predicted molar refractivity (Wildman–Crippen MR) is 77.8 cm³/mol. The molecule has 0 spiro atoms. The molecule has 0 radical (unpaired) electrons. The molecule has 0 saturated carbocycles. The van der Waals surface area contributed by atoms with Crippen molar-refractivity contribution in [3.63, 3.8) is 0 Å². The van der Waals surface area contributed by atoms with Crippen LogP contribution in [0.2, 0.25) is 0 Å². The topological polar surface area (TPSA) is 133 Å². The van der Waals surface area contributed by atoms with Crippen LogP contribution in [0.4, 0.5) is 27.6 Å². The maximum absolute atomic E-state index is 13.7. The summed E-state index contributed by atoms with van der Waals surface area (Å²) in [6.45, 7) is 0. The lowest BCUT2D eigenvalue weighted by atomic mass is 10.3. The van der Waals surface area contributed by atoms with Crippen LogP contribution in [-0.2, 0) is 14.6 Å². The van der Waals surface area contributed by atoms with Gasteiger partial charge in [-0.1, -0.05) is 0 Å². The third-order valence-corrected chi connectivity index (χ3v) is 4.70. The van der Waals surface area contributed by atoms with Crippen LogP contribution in [0.1, 0.15) is 0 Å². The van der Waals surface area contributed by atoms with E-state index in [9.17, 15) is 40.0 Å². The largest absolute Gasteiger partial charge is 0.524 e. The average Bonchev–Trinajstić information content (AvgIpc) is 2.52. The van der Waals surface area contributed by atoms with Crippen molar-refractivity contribution >= 4 is 23.5 Å². The molecule has 4 N–H and O–H groups in total. The zero-order valence-corrected chi connectivity index (χ0v) is 14.2. The van der Waals surface area contributed by atoms with Crippen molar-refractivity contribution < 1.29 is 54.4 Å². The number of anilines is 1. The van der Waals surface area contributed by atoms with Gasteiger partial charge >= 0.3 is 7.82 Å². The molecule has 148 valence electrons. The van der Waals surface area contributed by atoms with E-state index in [1.807, 2.05) is 0 Å².